The minimum Gasteiger partial charge on any atom is -0.451 e. The Hall–Kier alpha value is -0.860. The van der Waals surface area contributed by atoms with Crippen molar-refractivity contribution in [2.24, 2.45) is 4.99 Å². The zero-order valence-corrected chi connectivity index (χ0v) is 6.46. The van der Waals surface area contributed by atoms with Gasteiger partial charge in [0.15, 0.2) is 0 Å². The fourth-order valence-corrected chi connectivity index (χ4v) is 0.487. The summed E-state index contributed by atoms with van der Waals surface area (Å²) < 4.78 is 4.29. The van der Waals surface area contributed by atoms with Crippen molar-refractivity contribution in [3.8, 4) is 0 Å². The molecule has 0 spiro atoms. The second-order valence-electron chi connectivity index (χ2n) is 1.92. The van der Waals surface area contributed by atoms with Crippen LogP contribution in [0.15, 0.2) is 4.99 Å². The van der Waals surface area contributed by atoms with Gasteiger partial charge in [-0.15, -0.1) is 0 Å². The fraction of sp³-hybridized carbons (Fsp3) is 0.714. The van der Waals surface area contributed by atoms with Gasteiger partial charge < -0.3 is 4.74 Å². The second kappa shape index (κ2) is 6.26. The highest BCUT2D eigenvalue weighted by Crippen LogP contribution is 1.90. The van der Waals surface area contributed by atoms with E-state index in [-0.39, 0.29) is 0 Å². The molecule has 0 heterocycles. The molecule has 0 aliphatic rings. The lowest BCUT2D eigenvalue weighted by atomic mass is 10.3. The smallest absolute Gasteiger partial charge is 0.432 e. The molecule has 1 amide bonds. The van der Waals surface area contributed by atoms with Crippen molar-refractivity contribution in [3.63, 3.8) is 0 Å². The topological polar surface area (TPSA) is 38.7 Å². The van der Waals surface area contributed by atoms with E-state index in [1.165, 1.54) is 7.11 Å². The molecule has 0 atom stereocenters. The zero-order valence-electron chi connectivity index (χ0n) is 6.46. The van der Waals surface area contributed by atoms with Crippen LogP contribution in [0.4, 0.5) is 4.79 Å². The minimum atomic E-state index is -0.517. The van der Waals surface area contributed by atoms with Gasteiger partial charge >= 0.3 is 6.09 Å². The lowest BCUT2D eigenvalue weighted by Gasteiger charge is -1.88. The summed E-state index contributed by atoms with van der Waals surface area (Å²) in [4.78, 5) is 13.8. The Morgan fingerprint density at radius 2 is 2.40 bits per heavy atom. The van der Waals surface area contributed by atoms with Gasteiger partial charge in [-0.2, -0.15) is 4.99 Å². The molecule has 0 bridgehead atoms. The molecule has 0 aliphatic carbocycles. The number of hydrogen-bond donors (Lipinski definition) is 0. The predicted octanol–water partition coefficient (Wildman–Crippen LogP) is 2.01. The van der Waals surface area contributed by atoms with Crippen LogP contribution in [0.5, 0.6) is 0 Å². The lowest BCUT2D eigenvalue weighted by Crippen LogP contribution is -1.92. The van der Waals surface area contributed by atoms with Gasteiger partial charge in [0.05, 0.1) is 7.11 Å². The average molecular weight is 143 g/mol. The summed E-state index contributed by atoms with van der Waals surface area (Å²) in [6.07, 6.45) is 4.12. The molecule has 0 saturated carbocycles. The van der Waals surface area contributed by atoms with Crippen LogP contribution in [-0.4, -0.2) is 19.4 Å². The summed E-state index contributed by atoms with van der Waals surface area (Å²) in [5.74, 6) is 0. The SMILES string of the molecule is CCCCC=NC(=O)OC. The van der Waals surface area contributed by atoms with Crippen molar-refractivity contribution in [2.45, 2.75) is 26.2 Å². The third-order valence-electron chi connectivity index (χ3n) is 1.06. The van der Waals surface area contributed by atoms with Crippen LogP contribution in [0.1, 0.15) is 26.2 Å². The average Bonchev–Trinajstić information content (AvgIpc) is 1.98. The molecule has 0 saturated heterocycles. The zero-order chi connectivity index (χ0) is 7.82. The number of carbonyl (C=O) groups is 1. The van der Waals surface area contributed by atoms with Gasteiger partial charge in [-0.1, -0.05) is 13.3 Å². The molecule has 0 aliphatic heterocycles. The van der Waals surface area contributed by atoms with E-state index in [0.29, 0.717) is 0 Å². The largest absolute Gasteiger partial charge is 0.451 e. The third-order valence-corrected chi connectivity index (χ3v) is 1.06. The van der Waals surface area contributed by atoms with E-state index < -0.39 is 6.09 Å². The van der Waals surface area contributed by atoms with Gasteiger partial charge in [-0.25, -0.2) is 4.79 Å². The van der Waals surface area contributed by atoms with E-state index in [9.17, 15) is 4.79 Å². The highest BCUT2D eigenvalue weighted by atomic mass is 16.5. The Labute approximate surface area is 61.1 Å². The van der Waals surface area contributed by atoms with Crippen LogP contribution in [0, 0.1) is 0 Å². The molecule has 0 rings (SSSR count). The van der Waals surface area contributed by atoms with Gasteiger partial charge in [0.1, 0.15) is 0 Å². The Balaban J connectivity index is 3.27. The molecule has 0 radical (unpaired) electrons. The number of aliphatic imine (C=N–C) groups is 1. The van der Waals surface area contributed by atoms with E-state index >= 15 is 0 Å². The molecule has 3 nitrogen and oxygen atoms in total. The van der Waals surface area contributed by atoms with E-state index in [1.54, 1.807) is 6.21 Å². The van der Waals surface area contributed by atoms with Crippen LogP contribution in [0.3, 0.4) is 0 Å². The molecule has 0 fully saturated rings. The van der Waals surface area contributed by atoms with Gasteiger partial charge in [0, 0.05) is 6.21 Å². The number of ether oxygens (including phenoxy) is 1. The number of amides is 1. The molecular weight excluding hydrogens is 130 g/mol. The summed E-state index contributed by atoms with van der Waals surface area (Å²) in [5, 5.41) is 0. The summed E-state index contributed by atoms with van der Waals surface area (Å²) in [6, 6.07) is 0. The number of hydrogen-bond acceptors (Lipinski definition) is 2. The molecule has 0 aromatic heterocycles. The number of rotatable bonds is 3. The van der Waals surface area contributed by atoms with Crippen LogP contribution in [-0.2, 0) is 4.74 Å². The number of unbranched alkanes of at least 4 members (excludes halogenated alkanes) is 2. The van der Waals surface area contributed by atoms with Crippen molar-refractivity contribution >= 4 is 12.3 Å². The van der Waals surface area contributed by atoms with E-state index in [2.05, 4.69) is 16.7 Å². The molecule has 3 heteroatoms. The second-order valence-corrected chi connectivity index (χ2v) is 1.92. The lowest BCUT2D eigenvalue weighted by molar-refractivity contribution is 0.182. The molecule has 58 valence electrons. The van der Waals surface area contributed by atoms with Crippen LogP contribution < -0.4 is 0 Å². The Bertz CT molecular complexity index is 121. The first-order chi connectivity index (χ1) is 4.81. The highest BCUT2D eigenvalue weighted by Gasteiger charge is 1.89. The van der Waals surface area contributed by atoms with Crippen molar-refractivity contribution in [2.75, 3.05) is 7.11 Å². The quantitative estimate of drug-likeness (QED) is 0.447. The normalized spacial score (nSPS) is 10.2. The number of methoxy groups -OCH3 is 1. The molecule has 0 aromatic rings. The van der Waals surface area contributed by atoms with E-state index in [1.807, 2.05) is 0 Å². The Morgan fingerprint density at radius 3 is 2.90 bits per heavy atom. The summed E-state index contributed by atoms with van der Waals surface area (Å²) in [6.45, 7) is 2.09. The molecule has 10 heavy (non-hydrogen) atoms. The van der Waals surface area contributed by atoms with Crippen molar-refractivity contribution in [1.29, 1.82) is 0 Å². The monoisotopic (exact) mass is 143 g/mol. The first-order valence-corrected chi connectivity index (χ1v) is 3.41. The summed E-state index contributed by atoms with van der Waals surface area (Å²) in [7, 11) is 1.32. The molecule has 0 unspecified atom stereocenters. The highest BCUT2D eigenvalue weighted by molar-refractivity contribution is 5.78. The van der Waals surface area contributed by atoms with Crippen LogP contribution in [0.25, 0.3) is 0 Å². The van der Waals surface area contributed by atoms with Crippen LogP contribution in [0.2, 0.25) is 0 Å². The maximum Gasteiger partial charge on any atom is 0.432 e. The molecule has 0 N–H and O–H groups in total. The molecule has 0 aromatic carbocycles. The minimum absolute atomic E-state index is 0.517. The van der Waals surface area contributed by atoms with Gasteiger partial charge in [-0.05, 0) is 12.8 Å². The Kier molecular flexibility index (Phi) is 5.72. The van der Waals surface area contributed by atoms with Gasteiger partial charge in [0.25, 0.3) is 0 Å². The van der Waals surface area contributed by atoms with Crippen molar-refractivity contribution in [3.05, 3.63) is 0 Å². The first-order valence-electron chi connectivity index (χ1n) is 3.41. The number of carbonyl (C=O) groups excluding carboxylic acids is 1. The number of nitrogens with zero attached hydrogens (tertiary/aromatic N) is 1. The van der Waals surface area contributed by atoms with E-state index in [0.717, 1.165) is 19.3 Å². The standard InChI is InChI=1S/C7H13NO2/c1-3-4-5-6-8-7(9)10-2/h6H,3-5H2,1-2H3. The Morgan fingerprint density at radius 1 is 1.70 bits per heavy atom. The first kappa shape index (κ1) is 9.14. The van der Waals surface area contributed by atoms with Gasteiger partial charge in [-0.3, -0.25) is 0 Å². The van der Waals surface area contributed by atoms with Crippen molar-refractivity contribution < 1.29 is 9.53 Å². The third kappa shape index (κ3) is 5.28. The summed E-state index contributed by atoms with van der Waals surface area (Å²) in [5.41, 5.74) is 0. The van der Waals surface area contributed by atoms with Crippen molar-refractivity contribution in [1.82, 2.24) is 0 Å². The maximum absolute atomic E-state index is 10.4. The predicted molar refractivity (Wildman–Crippen MR) is 40.4 cm³/mol. The van der Waals surface area contributed by atoms with Gasteiger partial charge in [0.2, 0.25) is 0 Å². The fourth-order valence-electron chi connectivity index (χ4n) is 0.487. The maximum atomic E-state index is 10.4. The van der Waals surface area contributed by atoms with Crippen LogP contribution >= 0.6 is 0 Å². The van der Waals surface area contributed by atoms with E-state index in [4.69, 9.17) is 0 Å². The molecular formula is C7H13NO2. The summed E-state index contributed by atoms with van der Waals surface area (Å²) >= 11 is 0.